The van der Waals surface area contributed by atoms with E-state index in [-0.39, 0.29) is 5.79 Å². The van der Waals surface area contributed by atoms with Gasteiger partial charge in [0, 0.05) is 38.7 Å². The number of methoxy groups -OCH3 is 1. The first-order chi connectivity index (χ1) is 11.2. The van der Waals surface area contributed by atoms with Crippen molar-refractivity contribution in [2.45, 2.75) is 30.8 Å². The van der Waals surface area contributed by atoms with Crippen LogP contribution in [0.3, 0.4) is 0 Å². The Morgan fingerprint density at radius 1 is 1.22 bits per heavy atom. The number of hydrogen-bond donors (Lipinski definition) is 1. The summed E-state index contributed by atoms with van der Waals surface area (Å²) in [7, 11) is 1.56. The summed E-state index contributed by atoms with van der Waals surface area (Å²) >= 11 is 0. The molecule has 0 aromatic heterocycles. The number of nitrogens with two attached hydrogens (primary N) is 1. The minimum absolute atomic E-state index is 0.356. The lowest BCUT2D eigenvalue weighted by Gasteiger charge is -2.38. The third-order valence-corrected chi connectivity index (χ3v) is 4.75. The highest BCUT2D eigenvalue weighted by molar-refractivity contribution is 5.48. The van der Waals surface area contributed by atoms with E-state index in [4.69, 9.17) is 19.9 Å². The molecule has 1 spiro atoms. The fourth-order valence-electron chi connectivity index (χ4n) is 3.41. The largest absolute Gasteiger partial charge is 0.375 e. The number of rotatable bonds is 5. The van der Waals surface area contributed by atoms with Gasteiger partial charge in [-0.25, -0.2) is 4.39 Å². The molecule has 3 rings (SSSR count). The fraction of sp³-hybridized carbons (Fsp3) is 0.647. The molecule has 2 atom stereocenters. The first-order valence-electron chi connectivity index (χ1n) is 8.14. The smallest absolute Gasteiger partial charge is 0.171 e. The Labute approximate surface area is 136 Å². The molecule has 2 aliphatic rings. The second kappa shape index (κ2) is 7.13. The van der Waals surface area contributed by atoms with E-state index in [1.807, 2.05) is 24.3 Å². The maximum absolute atomic E-state index is 12.8. The van der Waals surface area contributed by atoms with Crippen molar-refractivity contribution in [3.8, 4) is 0 Å². The predicted octanol–water partition coefficient (Wildman–Crippen LogP) is 2.01. The minimum Gasteiger partial charge on any atom is -0.375 e. The lowest BCUT2D eigenvalue weighted by Crippen LogP contribution is -2.45. The molecule has 0 radical (unpaired) electrons. The summed E-state index contributed by atoms with van der Waals surface area (Å²) < 4.78 is 29.6. The van der Waals surface area contributed by atoms with Crippen LogP contribution >= 0.6 is 0 Å². The van der Waals surface area contributed by atoms with Gasteiger partial charge in [-0.3, -0.25) is 0 Å². The van der Waals surface area contributed by atoms with Crippen molar-refractivity contribution in [3.05, 3.63) is 29.8 Å². The minimum atomic E-state index is -0.641. The van der Waals surface area contributed by atoms with Gasteiger partial charge in [0.25, 0.3) is 0 Å². The van der Waals surface area contributed by atoms with Crippen LogP contribution in [0.2, 0.25) is 0 Å². The fourth-order valence-corrected chi connectivity index (χ4v) is 3.41. The zero-order valence-corrected chi connectivity index (χ0v) is 13.5. The van der Waals surface area contributed by atoms with Gasteiger partial charge in [0.15, 0.2) is 5.79 Å². The molecule has 1 aromatic carbocycles. The normalized spacial score (nSPS) is 23.2. The zero-order chi connectivity index (χ0) is 16.3. The molecule has 1 aromatic rings. The van der Waals surface area contributed by atoms with Gasteiger partial charge in [0.2, 0.25) is 0 Å². The third-order valence-electron chi connectivity index (χ3n) is 4.75. The van der Waals surface area contributed by atoms with Crippen LogP contribution in [0, 0.1) is 0 Å². The predicted molar refractivity (Wildman–Crippen MR) is 86.2 cm³/mol. The summed E-state index contributed by atoms with van der Waals surface area (Å²) in [6, 6.07) is 7.37. The van der Waals surface area contributed by atoms with Crippen molar-refractivity contribution in [1.82, 2.24) is 0 Å². The Morgan fingerprint density at radius 2 is 1.83 bits per heavy atom. The van der Waals surface area contributed by atoms with E-state index < -0.39 is 18.8 Å². The van der Waals surface area contributed by atoms with E-state index in [0.29, 0.717) is 13.2 Å². The Kier molecular flexibility index (Phi) is 5.16. The van der Waals surface area contributed by atoms with Crippen molar-refractivity contribution >= 4 is 5.69 Å². The molecular weight excluding hydrogens is 299 g/mol. The highest BCUT2D eigenvalue weighted by atomic mass is 19.1. The second-order valence-electron chi connectivity index (χ2n) is 6.16. The number of halogens is 1. The van der Waals surface area contributed by atoms with Crippen LogP contribution in [0.5, 0.6) is 0 Å². The van der Waals surface area contributed by atoms with Crippen LogP contribution in [0.25, 0.3) is 0 Å². The first kappa shape index (κ1) is 16.6. The number of benzene rings is 1. The van der Waals surface area contributed by atoms with Crippen LogP contribution < -0.4 is 10.6 Å². The van der Waals surface area contributed by atoms with E-state index >= 15 is 0 Å². The molecule has 128 valence electrons. The molecule has 0 bridgehead atoms. The van der Waals surface area contributed by atoms with Gasteiger partial charge in [-0.15, -0.1) is 0 Å². The van der Waals surface area contributed by atoms with Gasteiger partial charge in [-0.05, 0) is 17.7 Å². The zero-order valence-electron chi connectivity index (χ0n) is 13.5. The summed E-state index contributed by atoms with van der Waals surface area (Å²) in [6.07, 6.45) is 1.34. The van der Waals surface area contributed by atoms with Gasteiger partial charge in [0.05, 0.1) is 25.4 Å². The number of anilines is 1. The average molecular weight is 324 g/mol. The maximum atomic E-state index is 12.8. The second-order valence-corrected chi connectivity index (χ2v) is 6.16. The molecule has 23 heavy (non-hydrogen) atoms. The topological polar surface area (TPSA) is 57.0 Å². The van der Waals surface area contributed by atoms with Crippen LogP contribution in [-0.2, 0) is 14.2 Å². The summed E-state index contributed by atoms with van der Waals surface area (Å²) in [5.41, 5.74) is 7.81. The van der Waals surface area contributed by atoms with E-state index in [1.165, 1.54) is 0 Å². The molecule has 2 aliphatic heterocycles. The lowest BCUT2D eigenvalue weighted by molar-refractivity contribution is -0.169. The number of nitrogens with zero attached hydrogens (tertiary/aromatic N) is 1. The van der Waals surface area contributed by atoms with Crippen LogP contribution in [0.4, 0.5) is 10.1 Å². The molecule has 0 saturated carbocycles. The van der Waals surface area contributed by atoms with E-state index in [9.17, 15) is 4.39 Å². The summed E-state index contributed by atoms with van der Waals surface area (Å²) in [4.78, 5) is 2.32. The SMILES string of the molecule is CO[C@H](c1ccc(N2CCC3(CC2)OCCO3)cc1)[C@H](N)CF. The third kappa shape index (κ3) is 3.50. The van der Waals surface area contributed by atoms with Gasteiger partial charge in [-0.2, -0.15) is 0 Å². The van der Waals surface area contributed by atoms with Crippen molar-refractivity contribution in [3.63, 3.8) is 0 Å². The quantitative estimate of drug-likeness (QED) is 0.898. The van der Waals surface area contributed by atoms with Gasteiger partial charge < -0.3 is 24.8 Å². The molecule has 2 N–H and O–H groups in total. The van der Waals surface area contributed by atoms with Crippen LogP contribution in [0.15, 0.2) is 24.3 Å². The maximum Gasteiger partial charge on any atom is 0.171 e. The Bertz CT molecular complexity index is 495. The standard InChI is InChI=1S/C17H25FN2O3/c1-21-16(15(19)12-18)13-2-4-14(5-3-13)20-8-6-17(7-9-20)22-10-11-23-17/h2-5,15-16H,6-12,19H2,1H3/t15-,16-/m1/s1. The highest BCUT2D eigenvalue weighted by Crippen LogP contribution is 2.33. The monoisotopic (exact) mass is 324 g/mol. The number of alkyl halides is 1. The number of ether oxygens (including phenoxy) is 3. The lowest BCUT2D eigenvalue weighted by atomic mass is 10.0. The van der Waals surface area contributed by atoms with Crippen molar-refractivity contribution in [1.29, 1.82) is 0 Å². The van der Waals surface area contributed by atoms with Crippen LogP contribution in [-0.4, -0.2) is 51.9 Å². The highest BCUT2D eigenvalue weighted by Gasteiger charge is 2.39. The van der Waals surface area contributed by atoms with Crippen molar-refractivity contribution in [2.24, 2.45) is 5.73 Å². The summed E-state index contributed by atoms with van der Waals surface area (Å²) in [5, 5.41) is 0. The van der Waals surface area contributed by atoms with E-state index in [0.717, 1.165) is 37.2 Å². The average Bonchev–Trinajstić information content (AvgIpc) is 3.05. The molecule has 0 aliphatic carbocycles. The van der Waals surface area contributed by atoms with Gasteiger partial charge in [-0.1, -0.05) is 12.1 Å². The van der Waals surface area contributed by atoms with Crippen LogP contribution in [0.1, 0.15) is 24.5 Å². The molecule has 0 amide bonds. The molecule has 0 unspecified atom stereocenters. The van der Waals surface area contributed by atoms with Gasteiger partial charge in [0.1, 0.15) is 6.67 Å². The molecule has 2 saturated heterocycles. The molecule has 6 heteroatoms. The van der Waals surface area contributed by atoms with Crippen molar-refractivity contribution in [2.75, 3.05) is 45.0 Å². The molecule has 2 heterocycles. The van der Waals surface area contributed by atoms with E-state index in [1.54, 1.807) is 7.11 Å². The Morgan fingerprint density at radius 3 is 2.35 bits per heavy atom. The Balaban J connectivity index is 1.63. The summed E-state index contributed by atoms with van der Waals surface area (Å²) in [6.45, 7) is 2.59. The van der Waals surface area contributed by atoms with E-state index in [2.05, 4.69) is 4.90 Å². The first-order valence-corrected chi connectivity index (χ1v) is 8.14. The molecule has 5 nitrogen and oxygen atoms in total. The number of hydrogen-bond acceptors (Lipinski definition) is 5. The Hall–Kier alpha value is -1.21. The number of piperidine rings is 1. The summed E-state index contributed by atoms with van der Waals surface area (Å²) in [5.74, 6) is -0.356. The van der Waals surface area contributed by atoms with Gasteiger partial charge >= 0.3 is 0 Å². The molecular formula is C17H25FN2O3. The molecule has 2 fully saturated rings. The van der Waals surface area contributed by atoms with Crippen molar-refractivity contribution < 1.29 is 18.6 Å².